The molecule has 0 aliphatic rings. The zero-order chi connectivity index (χ0) is 12.3. The van der Waals surface area contributed by atoms with Crippen molar-refractivity contribution in [1.29, 1.82) is 0 Å². The van der Waals surface area contributed by atoms with Crippen LogP contribution in [0.4, 0.5) is 0 Å². The number of hydrogen-bond donors (Lipinski definition) is 2. The lowest BCUT2D eigenvalue weighted by molar-refractivity contribution is 0.442. The molecule has 2 rings (SSSR count). The number of nitrogens with zero attached hydrogens (tertiary/aromatic N) is 1. The summed E-state index contributed by atoms with van der Waals surface area (Å²) in [6.45, 7) is 1.89. The van der Waals surface area contributed by atoms with E-state index in [1.165, 1.54) is 18.2 Å². The first-order chi connectivity index (χ1) is 8.17. The van der Waals surface area contributed by atoms with Crippen molar-refractivity contribution >= 4 is 0 Å². The van der Waals surface area contributed by atoms with Gasteiger partial charge >= 0.3 is 0 Å². The van der Waals surface area contributed by atoms with Crippen molar-refractivity contribution in [2.75, 3.05) is 0 Å². The van der Waals surface area contributed by atoms with Crippen LogP contribution in [0.25, 0.3) is 0 Å². The van der Waals surface area contributed by atoms with Crippen LogP contribution in [0.1, 0.15) is 12.7 Å². The summed E-state index contributed by atoms with van der Waals surface area (Å²) < 4.78 is 5.39. The lowest BCUT2D eigenvalue weighted by Gasteiger charge is -2.05. The number of aryl methyl sites for hydroxylation is 1. The number of benzene rings is 1. The summed E-state index contributed by atoms with van der Waals surface area (Å²) in [5.74, 6) is 1.32. The van der Waals surface area contributed by atoms with Crippen LogP contribution in [0.3, 0.4) is 0 Å². The fraction of sp³-hybridized carbons (Fsp3) is 0.167. The van der Waals surface area contributed by atoms with Crippen LogP contribution in [0.5, 0.6) is 17.4 Å². The molecular formula is C12H12N2O3. The van der Waals surface area contributed by atoms with E-state index in [9.17, 15) is 9.90 Å². The van der Waals surface area contributed by atoms with Crippen LogP contribution in [0, 0.1) is 0 Å². The maximum Gasteiger partial charge on any atom is 0.254 e. The largest absolute Gasteiger partial charge is 0.508 e. The van der Waals surface area contributed by atoms with E-state index in [2.05, 4.69) is 9.97 Å². The Morgan fingerprint density at radius 3 is 2.94 bits per heavy atom. The van der Waals surface area contributed by atoms with Gasteiger partial charge in [-0.3, -0.25) is 4.79 Å². The highest BCUT2D eigenvalue weighted by Crippen LogP contribution is 2.22. The number of rotatable bonds is 3. The molecule has 1 aromatic carbocycles. The lowest BCUT2D eigenvalue weighted by Crippen LogP contribution is -2.10. The van der Waals surface area contributed by atoms with Gasteiger partial charge in [0, 0.05) is 12.5 Å². The van der Waals surface area contributed by atoms with Crippen LogP contribution in [-0.2, 0) is 6.42 Å². The third kappa shape index (κ3) is 2.84. The fourth-order valence-electron chi connectivity index (χ4n) is 1.37. The molecule has 2 N–H and O–H groups in total. The molecule has 0 aliphatic carbocycles. The number of H-pyrrole nitrogens is 1. The molecule has 17 heavy (non-hydrogen) atoms. The van der Waals surface area contributed by atoms with Crippen molar-refractivity contribution in [3.05, 3.63) is 46.5 Å². The van der Waals surface area contributed by atoms with Gasteiger partial charge in [-0.1, -0.05) is 13.0 Å². The Balaban J connectivity index is 2.29. The quantitative estimate of drug-likeness (QED) is 0.846. The average Bonchev–Trinajstić information content (AvgIpc) is 2.28. The van der Waals surface area contributed by atoms with Gasteiger partial charge in [-0.2, -0.15) is 4.98 Å². The van der Waals surface area contributed by atoms with E-state index < -0.39 is 0 Å². The lowest BCUT2D eigenvalue weighted by atomic mass is 10.3. The molecule has 0 atom stereocenters. The van der Waals surface area contributed by atoms with Gasteiger partial charge in [0.2, 0.25) is 5.88 Å². The molecule has 2 aromatic rings. The molecule has 0 unspecified atom stereocenters. The summed E-state index contributed by atoms with van der Waals surface area (Å²) in [5.41, 5.74) is -0.257. The van der Waals surface area contributed by atoms with Gasteiger partial charge in [-0.05, 0) is 12.1 Å². The Morgan fingerprint density at radius 2 is 2.24 bits per heavy atom. The standard InChI is InChI=1S/C12H12N2O3/c1-2-10-13-11(16)7-12(14-10)17-9-5-3-4-8(15)6-9/h3-7,15H,2H2,1H3,(H,13,14,16). The molecule has 0 saturated heterocycles. The Morgan fingerprint density at radius 1 is 1.41 bits per heavy atom. The van der Waals surface area contributed by atoms with E-state index in [0.29, 0.717) is 18.0 Å². The van der Waals surface area contributed by atoms with Crippen molar-refractivity contribution in [3.63, 3.8) is 0 Å². The molecule has 0 bridgehead atoms. The predicted molar refractivity (Wildman–Crippen MR) is 62.4 cm³/mol. The summed E-state index contributed by atoms with van der Waals surface area (Å²) in [5, 5.41) is 9.28. The number of aromatic nitrogens is 2. The summed E-state index contributed by atoms with van der Waals surface area (Å²) in [7, 11) is 0. The molecule has 88 valence electrons. The van der Waals surface area contributed by atoms with Crippen molar-refractivity contribution in [3.8, 4) is 17.4 Å². The monoisotopic (exact) mass is 232 g/mol. The maximum atomic E-state index is 11.3. The normalized spacial score (nSPS) is 10.2. The van der Waals surface area contributed by atoms with Gasteiger partial charge in [0.05, 0.1) is 6.07 Å². The Labute approximate surface area is 97.7 Å². The SMILES string of the molecule is CCc1nc(Oc2cccc(O)c2)cc(=O)[nH]1. The van der Waals surface area contributed by atoms with Crippen molar-refractivity contribution in [2.24, 2.45) is 0 Å². The second kappa shape index (κ2) is 4.69. The maximum absolute atomic E-state index is 11.3. The van der Waals surface area contributed by atoms with Crippen LogP contribution in [0.2, 0.25) is 0 Å². The first-order valence-electron chi connectivity index (χ1n) is 5.24. The zero-order valence-corrected chi connectivity index (χ0v) is 9.30. The molecule has 0 aliphatic heterocycles. The Kier molecular flexibility index (Phi) is 3.09. The van der Waals surface area contributed by atoms with Gasteiger partial charge in [0.1, 0.15) is 17.3 Å². The predicted octanol–water partition coefficient (Wildman–Crippen LogP) is 1.83. The fourth-order valence-corrected chi connectivity index (χ4v) is 1.37. The van der Waals surface area contributed by atoms with Crippen LogP contribution in [-0.4, -0.2) is 15.1 Å². The van der Waals surface area contributed by atoms with Crippen molar-refractivity contribution < 1.29 is 9.84 Å². The van der Waals surface area contributed by atoms with E-state index >= 15 is 0 Å². The molecule has 0 fully saturated rings. The van der Waals surface area contributed by atoms with Crippen molar-refractivity contribution in [1.82, 2.24) is 9.97 Å². The van der Waals surface area contributed by atoms with Crippen molar-refractivity contribution in [2.45, 2.75) is 13.3 Å². The Hall–Kier alpha value is -2.30. The smallest absolute Gasteiger partial charge is 0.254 e. The van der Waals surface area contributed by atoms with E-state index in [-0.39, 0.29) is 17.2 Å². The number of aromatic hydroxyl groups is 1. The third-order valence-electron chi connectivity index (χ3n) is 2.14. The molecule has 0 saturated carbocycles. The molecule has 0 amide bonds. The number of hydrogen-bond acceptors (Lipinski definition) is 4. The molecule has 0 radical (unpaired) electrons. The second-order valence-electron chi connectivity index (χ2n) is 3.48. The van der Waals surface area contributed by atoms with Gasteiger partial charge in [0.15, 0.2) is 0 Å². The molecular weight excluding hydrogens is 220 g/mol. The van der Waals surface area contributed by atoms with E-state index in [0.717, 1.165) is 0 Å². The molecule has 5 heteroatoms. The highest BCUT2D eigenvalue weighted by molar-refractivity contribution is 5.34. The number of phenols is 1. The van der Waals surface area contributed by atoms with E-state index in [1.807, 2.05) is 6.92 Å². The molecule has 1 aromatic heterocycles. The van der Waals surface area contributed by atoms with Crippen LogP contribution in [0.15, 0.2) is 35.1 Å². The molecule has 5 nitrogen and oxygen atoms in total. The highest BCUT2D eigenvalue weighted by atomic mass is 16.5. The first kappa shape index (κ1) is 11.2. The van der Waals surface area contributed by atoms with E-state index in [1.54, 1.807) is 12.1 Å². The van der Waals surface area contributed by atoms with Crippen LogP contribution < -0.4 is 10.3 Å². The van der Waals surface area contributed by atoms with Crippen LogP contribution >= 0.6 is 0 Å². The second-order valence-corrected chi connectivity index (χ2v) is 3.48. The summed E-state index contributed by atoms with van der Waals surface area (Å²) >= 11 is 0. The number of phenolic OH excluding ortho intramolecular Hbond substituents is 1. The highest BCUT2D eigenvalue weighted by Gasteiger charge is 2.03. The third-order valence-corrected chi connectivity index (χ3v) is 2.14. The minimum absolute atomic E-state index is 0.100. The summed E-state index contributed by atoms with van der Waals surface area (Å²) in [6.07, 6.45) is 0.618. The van der Waals surface area contributed by atoms with Gasteiger partial charge in [0.25, 0.3) is 5.56 Å². The summed E-state index contributed by atoms with van der Waals surface area (Å²) in [6, 6.07) is 7.58. The molecule has 1 heterocycles. The Bertz CT molecular complexity index is 578. The van der Waals surface area contributed by atoms with Gasteiger partial charge in [-0.15, -0.1) is 0 Å². The van der Waals surface area contributed by atoms with E-state index in [4.69, 9.17) is 4.74 Å². The topological polar surface area (TPSA) is 75.2 Å². The number of nitrogens with one attached hydrogen (secondary N) is 1. The first-order valence-corrected chi connectivity index (χ1v) is 5.24. The zero-order valence-electron chi connectivity index (χ0n) is 9.30. The van der Waals surface area contributed by atoms with Gasteiger partial charge < -0.3 is 14.8 Å². The minimum Gasteiger partial charge on any atom is -0.508 e. The van der Waals surface area contributed by atoms with Gasteiger partial charge in [-0.25, -0.2) is 0 Å². The summed E-state index contributed by atoms with van der Waals surface area (Å²) in [4.78, 5) is 18.0. The minimum atomic E-state index is -0.257. The number of aromatic amines is 1. The number of ether oxygens (including phenoxy) is 1. The average molecular weight is 232 g/mol. The molecule has 0 spiro atoms.